The van der Waals surface area contributed by atoms with Crippen molar-refractivity contribution in [2.24, 2.45) is 5.92 Å². The minimum Gasteiger partial charge on any atom is -0.356 e. The van der Waals surface area contributed by atoms with Gasteiger partial charge in [0.25, 0.3) is 0 Å². The molecule has 1 aromatic heterocycles. The van der Waals surface area contributed by atoms with Crippen molar-refractivity contribution in [3.63, 3.8) is 0 Å². The van der Waals surface area contributed by atoms with Gasteiger partial charge in [-0.25, -0.2) is 9.97 Å². The van der Waals surface area contributed by atoms with Crippen molar-refractivity contribution in [1.82, 2.24) is 9.97 Å². The van der Waals surface area contributed by atoms with Crippen molar-refractivity contribution >= 4 is 17.4 Å². The molecule has 18 heavy (non-hydrogen) atoms. The molecule has 1 aliphatic heterocycles. The number of halogens is 4. The zero-order valence-corrected chi connectivity index (χ0v) is 10.6. The maximum absolute atomic E-state index is 12.6. The van der Waals surface area contributed by atoms with Gasteiger partial charge in [0.2, 0.25) is 0 Å². The fraction of sp³-hybridized carbons (Fsp3) is 0.636. The molecule has 100 valence electrons. The van der Waals surface area contributed by atoms with Gasteiger partial charge in [-0.2, -0.15) is 13.2 Å². The molecule has 0 saturated carbocycles. The van der Waals surface area contributed by atoms with Gasteiger partial charge >= 0.3 is 6.18 Å². The van der Waals surface area contributed by atoms with E-state index >= 15 is 0 Å². The highest BCUT2D eigenvalue weighted by Crippen LogP contribution is 2.35. The molecule has 1 unspecified atom stereocenters. The predicted molar refractivity (Wildman–Crippen MR) is 62.7 cm³/mol. The van der Waals surface area contributed by atoms with E-state index in [0.29, 0.717) is 23.8 Å². The van der Waals surface area contributed by atoms with Crippen molar-refractivity contribution < 1.29 is 13.2 Å². The summed E-state index contributed by atoms with van der Waals surface area (Å²) >= 11 is 5.76. The highest BCUT2D eigenvalue weighted by Gasteiger charge is 2.44. The number of hydrogen-bond acceptors (Lipinski definition) is 3. The third kappa shape index (κ3) is 2.68. The molecule has 0 aliphatic carbocycles. The number of anilines is 1. The topological polar surface area (TPSA) is 29.0 Å². The summed E-state index contributed by atoms with van der Waals surface area (Å²) in [4.78, 5) is 9.85. The Morgan fingerprint density at radius 1 is 1.50 bits per heavy atom. The van der Waals surface area contributed by atoms with Gasteiger partial charge in [0.1, 0.15) is 11.6 Å². The summed E-state index contributed by atoms with van der Waals surface area (Å²) in [5, 5.41) is 0. The summed E-state index contributed by atoms with van der Waals surface area (Å²) in [7, 11) is 0. The Morgan fingerprint density at radius 3 is 2.78 bits per heavy atom. The first kappa shape index (κ1) is 13.4. The molecule has 1 aromatic rings. The zero-order valence-electron chi connectivity index (χ0n) is 9.84. The molecule has 0 N–H and O–H groups in total. The van der Waals surface area contributed by atoms with Crippen LogP contribution in [-0.2, 0) is 5.88 Å². The van der Waals surface area contributed by atoms with Gasteiger partial charge in [0.15, 0.2) is 0 Å². The van der Waals surface area contributed by atoms with Gasteiger partial charge in [-0.15, -0.1) is 11.6 Å². The lowest BCUT2D eigenvalue weighted by Gasteiger charge is -2.21. The van der Waals surface area contributed by atoms with Crippen LogP contribution in [0, 0.1) is 12.8 Å². The maximum Gasteiger partial charge on any atom is 0.393 e. The van der Waals surface area contributed by atoms with Crippen LogP contribution in [0.3, 0.4) is 0 Å². The Labute approximate surface area is 108 Å². The Hall–Kier alpha value is -1.04. The number of alkyl halides is 4. The number of rotatable bonds is 2. The second kappa shape index (κ2) is 4.91. The smallest absolute Gasteiger partial charge is 0.356 e. The van der Waals surface area contributed by atoms with Crippen LogP contribution in [0.2, 0.25) is 0 Å². The zero-order chi connectivity index (χ0) is 13.3. The first-order valence-corrected chi connectivity index (χ1v) is 6.15. The van der Waals surface area contributed by atoms with Crippen LogP contribution in [0.5, 0.6) is 0 Å². The lowest BCUT2D eigenvalue weighted by atomic mass is 10.1. The van der Waals surface area contributed by atoms with E-state index in [-0.39, 0.29) is 18.8 Å². The van der Waals surface area contributed by atoms with Gasteiger partial charge in [-0.05, 0) is 13.3 Å². The molecule has 0 amide bonds. The second-order valence-corrected chi connectivity index (χ2v) is 4.64. The van der Waals surface area contributed by atoms with Crippen molar-refractivity contribution in [2.75, 3.05) is 18.0 Å². The summed E-state index contributed by atoms with van der Waals surface area (Å²) in [5.41, 5.74) is 0.671. The summed E-state index contributed by atoms with van der Waals surface area (Å²) in [5.74, 6) is -0.0162. The molecule has 0 bridgehead atoms. The lowest BCUT2D eigenvalue weighted by Crippen LogP contribution is -2.28. The van der Waals surface area contributed by atoms with Crippen LogP contribution < -0.4 is 4.90 Å². The maximum atomic E-state index is 12.6. The van der Waals surface area contributed by atoms with Gasteiger partial charge in [-0.1, -0.05) is 0 Å². The SMILES string of the molecule is Cc1ncc(CCl)c(N2CCC(C(F)(F)F)C2)n1. The van der Waals surface area contributed by atoms with Crippen LogP contribution in [0.25, 0.3) is 0 Å². The van der Waals surface area contributed by atoms with Gasteiger partial charge < -0.3 is 4.90 Å². The summed E-state index contributed by atoms with van der Waals surface area (Å²) in [6.45, 7) is 2.01. The average molecular weight is 280 g/mol. The van der Waals surface area contributed by atoms with E-state index < -0.39 is 12.1 Å². The molecule has 0 aromatic carbocycles. The number of aryl methyl sites for hydroxylation is 1. The Kier molecular flexibility index (Phi) is 3.66. The minimum atomic E-state index is -4.14. The van der Waals surface area contributed by atoms with E-state index in [4.69, 9.17) is 11.6 Å². The number of nitrogens with zero attached hydrogens (tertiary/aromatic N) is 3. The average Bonchev–Trinajstić information content (AvgIpc) is 2.77. The Morgan fingerprint density at radius 2 is 2.22 bits per heavy atom. The third-order valence-corrected chi connectivity index (χ3v) is 3.34. The van der Waals surface area contributed by atoms with Crippen LogP contribution in [0.4, 0.5) is 19.0 Å². The molecular weight excluding hydrogens is 267 g/mol. The van der Waals surface area contributed by atoms with Crippen molar-refractivity contribution in [3.8, 4) is 0 Å². The fourth-order valence-corrected chi connectivity index (χ4v) is 2.26. The van der Waals surface area contributed by atoms with Gasteiger partial charge in [0.05, 0.1) is 11.8 Å². The monoisotopic (exact) mass is 279 g/mol. The molecule has 1 fully saturated rings. The van der Waals surface area contributed by atoms with Crippen molar-refractivity contribution in [1.29, 1.82) is 0 Å². The van der Waals surface area contributed by atoms with E-state index in [9.17, 15) is 13.2 Å². The lowest BCUT2D eigenvalue weighted by molar-refractivity contribution is -0.168. The number of aromatic nitrogens is 2. The molecule has 1 aliphatic rings. The van der Waals surface area contributed by atoms with Crippen LogP contribution >= 0.6 is 11.6 Å². The summed E-state index contributed by atoms with van der Waals surface area (Å²) in [6.07, 6.45) is -2.46. The van der Waals surface area contributed by atoms with E-state index in [1.165, 1.54) is 0 Å². The van der Waals surface area contributed by atoms with E-state index in [1.54, 1.807) is 18.0 Å². The molecule has 0 spiro atoms. The normalized spacial score (nSPS) is 20.5. The molecule has 7 heteroatoms. The van der Waals surface area contributed by atoms with Crippen LogP contribution in [0.15, 0.2) is 6.20 Å². The van der Waals surface area contributed by atoms with E-state index in [0.717, 1.165) is 0 Å². The summed E-state index contributed by atoms with van der Waals surface area (Å²) < 4.78 is 37.9. The first-order chi connectivity index (χ1) is 8.41. The summed E-state index contributed by atoms with van der Waals surface area (Å²) in [6, 6.07) is 0. The van der Waals surface area contributed by atoms with Crippen LogP contribution in [-0.4, -0.2) is 29.2 Å². The molecule has 3 nitrogen and oxygen atoms in total. The van der Waals surface area contributed by atoms with Crippen molar-refractivity contribution in [2.45, 2.75) is 25.4 Å². The van der Waals surface area contributed by atoms with Gasteiger partial charge in [-0.3, -0.25) is 0 Å². The van der Waals surface area contributed by atoms with Crippen molar-refractivity contribution in [3.05, 3.63) is 17.6 Å². The predicted octanol–water partition coefficient (Wildman–Crippen LogP) is 2.91. The molecule has 2 rings (SSSR count). The highest BCUT2D eigenvalue weighted by molar-refractivity contribution is 6.17. The number of hydrogen-bond donors (Lipinski definition) is 0. The highest BCUT2D eigenvalue weighted by atomic mass is 35.5. The Balaban J connectivity index is 2.21. The largest absolute Gasteiger partial charge is 0.393 e. The molecular formula is C11H13ClF3N3. The molecule has 2 heterocycles. The molecule has 0 radical (unpaired) electrons. The molecule has 1 saturated heterocycles. The van der Waals surface area contributed by atoms with E-state index in [2.05, 4.69) is 9.97 Å². The first-order valence-electron chi connectivity index (χ1n) is 5.62. The van der Waals surface area contributed by atoms with E-state index in [1.807, 2.05) is 0 Å². The second-order valence-electron chi connectivity index (χ2n) is 4.37. The third-order valence-electron chi connectivity index (χ3n) is 3.06. The minimum absolute atomic E-state index is 0.0517. The fourth-order valence-electron chi connectivity index (χ4n) is 2.07. The Bertz CT molecular complexity index is 436. The van der Waals surface area contributed by atoms with Gasteiger partial charge in [0, 0.05) is 24.8 Å². The quantitative estimate of drug-likeness (QED) is 0.780. The standard InChI is InChI=1S/C11H13ClF3N3/c1-7-16-5-8(4-12)10(17-7)18-3-2-9(6-18)11(13,14)15/h5,9H,2-4,6H2,1H3. The molecule has 1 atom stereocenters. The van der Waals surface area contributed by atoms with Crippen LogP contribution in [0.1, 0.15) is 17.8 Å².